The van der Waals surface area contributed by atoms with Crippen molar-refractivity contribution in [1.29, 1.82) is 0 Å². The Morgan fingerprint density at radius 3 is 2.30 bits per heavy atom. The summed E-state index contributed by atoms with van der Waals surface area (Å²) in [7, 11) is 0. The second-order valence-corrected chi connectivity index (χ2v) is 2.75. The van der Waals surface area contributed by atoms with Gasteiger partial charge in [-0.1, -0.05) is 13.8 Å². The number of aldehydes is 1. The average molecular weight is 144 g/mol. The molecule has 60 valence electrons. The first-order valence-corrected chi connectivity index (χ1v) is 3.54. The molecular weight excluding hydrogens is 128 g/mol. The molecule has 0 aliphatic carbocycles. The molecule has 3 nitrogen and oxygen atoms in total. The molecule has 3 heteroatoms. The fourth-order valence-electron chi connectivity index (χ4n) is 0.728. The molecular formula is C7H16N2O. The molecule has 0 radical (unpaired) electrons. The van der Waals surface area contributed by atoms with Crippen LogP contribution in [0.2, 0.25) is 0 Å². The van der Waals surface area contributed by atoms with Gasteiger partial charge in [-0.15, -0.1) is 0 Å². The minimum absolute atomic E-state index is 0.0125. The monoisotopic (exact) mass is 144 g/mol. The predicted octanol–water partition coefficient (Wildman–Crippen LogP) is -0.256. The van der Waals surface area contributed by atoms with Gasteiger partial charge in [-0.05, 0) is 5.92 Å². The summed E-state index contributed by atoms with van der Waals surface area (Å²) in [5.74, 6) is 0.195. The molecule has 2 unspecified atom stereocenters. The maximum Gasteiger partial charge on any atom is 0.123 e. The van der Waals surface area contributed by atoms with Crippen molar-refractivity contribution in [2.75, 3.05) is 6.54 Å². The summed E-state index contributed by atoms with van der Waals surface area (Å²) in [6.07, 6.45) is 0.917. The van der Waals surface area contributed by atoms with E-state index in [0.29, 0.717) is 6.54 Å². The summed E-state index contributed by atoms with van der Waals surface area (Å²) in [6.45, 7) is 4.24. The van der Waals surface area contributed by atoms with E-state index in [1.54, 1.807) is 0 Å². The van der Waals surface area contributed by atoms with Crippen molar-refractivity contribution in [2.24, 2.45) is 23.3 Å². The molecule has 10 heavy (non-hydrogen) atoms. The highest BCUT2D eigenvalue weighted by molar-refractivity contribution is 5.53. The van der Waals surface area contributed by atoms with Gasteiger partial charge in [0, 0.05) is 18.5 Å². The van der Waals surface area contributed by atoms with Crippen molar-refractivity contribution >= 4 is 6.29 Å². The molecule has 0 heterocycles. The fraction of sp³-hybridized carbons (Fsp3) is 0.857. The largest absolute Gasteiger partial charge is 0.329 e. The summed E-state index contributed by atoms with van der Waals surface area (Å²) < 4.78 is 0. The SMILES string of the molecule is CC(C=O)[C@@H](C)C(N)CN. The number of nitrogens with two attached hydrogens (primary N) is 2. The van der Waals surface area contributed by atoms with Gasteiger partial charge in [-0.25, -0.2) is 0 Å². The zero-order chi connectivity index (χ0) is 8.15. The van der Waals surface area contributed by atoms with Crippen LogP contribution in [0.5, 0.6) is 0 Å². The average Bonchev–Trinajstić information content (AvgIpc) is 2.00. The van der Waals surface area contributed by atoms with Gasteiger partial charge in [-0.3, -0.25) is 0 Å². The Hall–Kier alpha value is -0.410. The lowest BCUT2D eigenvalue weighted by atomic mass is 9.91. The summed E-state index contributed by atoms with van der Waals surface area (Å²) in [5.41, 5.74) is 10.9. The van der Waals surface area contributed by atoms with Gasteiger partial charge in [0.2, 0.25) is 0 Å². The number of hydrogen-bond acceptors (Lipinski definition) is 3. The highest BCUT2D eigenvalue weighted by atomic mass is 16.1. The zero-order valence-electron chi connectivity index (χ0n) is 6.58. The van der Waals surface area contributed by atoms with Crippen LogP contribution in [0.25, 0.3) is 0 Å². The van der Waals surface area contributed by atoms with Crippen LogP contribution in [-0.2, 0) is 4.79 Å². The van der Waals surface area contributed by atoms with Crippen LogP contribution in [0.4, 0.5) is 0 Å². The molecule has 0 amide bonds. The molecule has 0 spiro atoms. The topological polar surface area (TPSA) is 69.1 Å². The van der Waals surface area contributed by atoms with Gasteiger partial charge in [0.05, 0.1) is 0 Å². The van der Waals surface area contributed by atoms with Crippen molar-refractivity contribution in [3.05, 3.63) is 0 Å². The van der Waals surface area contributed by atoms with E-state index in [1.165, 1.54) is 0 Å². The van der Waals surface area contributed by atoms with E-state index < -0.39 is 0 Å². The van der Waals surface area contributed by atoms with Crippen molar-refractivity contribution in [2.45, 2.75) is 19.9 Å². The summed E-state index contributed by atoms with van der Waals surface area (Å²) in [4.78, 5) is 10.3. The molecule has 0 fully saturated rings. The third kappa shape index (κ3) is 2.45. The third-order valence-corrected chi connectivity index (χ3v) is 1.99. The molecule has 0 saturated carbocycles. The molecule has 0 aromatic heterocycles. The predicted molar refractivity (Wildman–Crippen MR) is 41.4 cm³/mol. The van der Waals surface area contributed by atoms with E-state index in [2.05, 4.69) is 0 Å². The van der Waals surface area contributed by atoms with Gasteiger partial charge < -0.3 is 16.3 Å². The number of hydrogen-bond donors (Lipinski definition) is 2. The summed E-state index contributed by atoms with van der Waals surface area (Å²) in [6, 6.07) is -0.0554. The van der Waals surface area contributed by atoms with Crippen molar-refractivity contribution in [3.8, 4) is 0 Å². The highest BCUT2D eigenvalue weighted by Gasteiger charge is 2.16. The Kier molecular flexibility index (Phi) is 4.23. The minimum atomic E-state index is -0.0554. The van der Waals surface area contributed by atoms with Crippen LogP contribution in [0.15, 0.2) is 0 Å². The van der Waals surface area contributed by atoms with E-state index in [4.69, 9.17) is 11.5 Å². The lowest BCUT2D eigenvalue weighted by Gasteiger charge is -2.20. The first kappa shape index (κ1) is 9.59. The molecule has 0 aromatic rings. The van der Waals surface area contributed by atoms with E-state index >= 15 is 0 Å². The quantitative estimate of drug-likeness (QED) is 0.534. The zero-order valence-corrected chi connectivity index (χ0v) is 6.58. The van der Waals surface area contributed by atoms with Gasteiger partial charge >= 0.3 is 0 Å². The standard InChI is InChI=1S/C7H16N2O/c1-5(4-10)6(2)7(9)3-8/h4-7H,3,8-9H2,1-2H3/t5?,6-,7?/m1/s1. The minimum Gasteiger partial charge on any atom is -0.329 e. The number of carbonyl (C=O) groups excluding carboxylic acids is 1. The number of carbonyl (C=O) groups is 1. The van der Waals surface area contributed by atoms with Crippen LogP contribution in [0.3, 0.4) is 0 Å². The first-order valence-electron chi connectivity index (χ1n) is 3.54. The summed E-state index contributed by atoms with van der Waals surface area (Å²) >= 11 is 0. The van der Waals surface area contributed by atoms with Crippen LogP contribution in [0.1, 0.15) is 13.8 Å². The maximum absolute atomic E-state index is 10.3. The Bertz CT molecular complexity index is 106. The van der Waals surface area contributed by atoms with E-state index in [9.17, 15) is 4.79 Å². The van der Waals surface area contributed by atoms with Crippen LogP contribution in [-0.4, -0.2) is 18.9 Å². The molecule has 0 saturated heterocycles. The Morgan fingerprint density at radius 2 is 2.00 bits per heavy atom. The third-order valence-electron chi connectivity index (χ3n) is 1.99. The Labute approximate surface area is 61.8 Å². The summed E-state index contributed by atoms with van der Waals surface area (Å²) in [5, 5.41) is 0. The second-order valence-electron chi connectivity index (χ2n) is 2.75. The normalized spacial score (nSPS) is 19.6. The van der Waals surface area contributed by atoms with Crippen molar-refractivity contribution in [1.82, 2.24) is 0 Å². The Morgan fingerprint density at radius 1 is 1.50 bits per heavy atom. The van der Waals surface area contributed by atoms with Crippen molar-refractivity contribution in [3.63, 3.8) is 0 Å². The molecule has 0 aliphatic heterocycles. The number of rotatable bonds is 4. The lowest BCUT2D eigenvalue weighted by molar-refractivity contribution is -0.112. The first-order chi connectivity index (χ1) is 4.63. The van der Waals surface area contributed by atoms with Crippen LogP contribution < -0.4 is 11.5 Å². The van der Waals surface area contributed by atoms with Crippen molar-refractivity contribution < 1.29 is 4.79 Å². The maximum atomic E-state index is 10.3. The molecule has 3 atom stereocenters. The molecule has 0 bridgehead atoms. The van der Waals surface area contributed by atoms with Gasteiger partial charge in [0.15, 0.2) is 0 Å². The molecule has 4 N–H and O–H groups in total. The van der Waals surface area contributed by atoms with Gasteiger partial charge in [-0.2, -0.15) is 0 Å². The Balaban J connectivity index is 3.80. The smallest absolute Gasteiger partial charge is 0.123 e. The van der Waals surface area contributed by atoms with E-state index in [-0.39, 0.29) is 17.9 Å². The van der Waals surface area contributed by atoms with Crippen LogP contribution >= 0.6 is 0 Å². The van der Waals surface area contributed by atoms with E-state index in [0.717, 1.165) is 6.29 Å². The van der Waals surface area contributed by atoms with Gasteiger partial charge in [0.25, 0.3) is 0 Å². The molecule has 0 aromatic carbocycles. The second kappa shape index (κ2) is 4.41. The fourth-order valence-corrected chi connectivity index (χ4v) is 0.728. The highest BCUT2D eigenvalue weighted by Crippen LogP contribution is 2.10. The lowest BCUT2D eigenvalue weighted by Crippen LogP contribution is -2.39. The van der Waals surface area contributed by atoms with Gasteiger partial charge in [0.1, 0.15) is 6.29 Å². The van der Waals surface area contributed by atoms with E-state index in [1.807, 2.05) is 13.8 Å². The molecule has 0 aliphatic rings. The molecule has 0 rings (SSSR count). The van der Waals surface area contributed by atoms with Crippen LogP contribution in [0, 0.1) is 11.8 Å².